The molecule has 22 heavy (non-hydrogen) atoms. The number of rotatable bonds is 2. The molecule has 1 amide bonds. The molecule has 5 nitrogen and oxygen atoms in total. The molecule has 1 aromatic carbocycles. The van der Waals surface area contributed by atoms with Gasteiger partial charge < -0.3 is 14.7 Å². The molecule has 3 aromatic heterocycles. The number of aromatic amines is 1. The SMILES string of the molecule is O=C(Nc1ccc2cc[nH]c2c1)c1cn2cc(Cl)ccc2n1. The summed E-state index contributed by atoms with van der Waals surface area (Å²) in [6.07, 6.45) is 5.23. The van der Waals surface area contributed by atoms with Gasteiger partial charge in [0.25, 0.3) is 5.91 Å². The van der Waals surface area contributed by atoms with E-state index < -0.39 is 0 Å². The van der Waals surface area contributed by atoms with E-state index in [1.165, 1.54) is 0 Å². The van der Waals surface area contributed by atoms with E-state index in [1.54, 1.807) is 28.9 Å². The Labute approximate surface area is 130 Å². The lowest BCUT2D eigenvalue weighted by Gasteiger charge is -2.03. The van der Waals surface area contributed by atoms with Crippen LogP contribution in [0.25, 0.3) is 16.6 Å². The Morgan fingerprint density at radius 2 is 2.09 bits per heavy atom. The van der Waals surface area contributed by atoms with E-state index >= 15 is 0 Å². The van der Waals surface area contributed by atoms with Crippen LogP contribution < -0.4 is 5.32 Å². The molecule has 0 radical (unpaired) electrons. The number of halogens is 1. The van der Waals surface area contributed by atoms with Crippen LogP contribution in [0.3, 0.4) is 0 Å². The first-order valence-corrected chi connectivity index (χ1v) is 7.10. The fourth-order valence-electron chi connectivity index (χ4n) is 2.39. The number of carbonyl (C=O) groups excluding carboxylic acids is 1. The summed E-state index contributed by atoms with van der Waals surface area (Å²) in [7, 11) is 0. The van der Waals surface area contributed by atoms with Crippen LogP contribution in [0.5, 0.6) is 0 Å². The van der Waals surface area contributed by atoms with Crippen LogP contribution in [0.4, 0.5) is 5.69 Å². The number of H-pyrrole nitrogens is 1. The molecule has 3 heterocycles. The largest absolute Gasteiger partial charge is 0.361 e. The van der Waals surface area contributed by atoms with Crippen molar-refractivity contribution in [1.82, 2.24) is 14.4 Å². The molecule has 4 aromatic rings. The first-order chi connectivity index (χ1) is 10.7. The lowest BCUT2D eigenvalue weighted by atomic mass is 10.2. The zero-order chi connectivity index (χ0) is 15.1. The third-order valence-electron chi connectivity index (χ3n) is 3.46. The summed E-state index contributed by atoms with van der Waals surface area (Å²) < 4.78 is 1.73. The molecule has 0 fully saturated rings. The zero-order valence-corrected chi connectivity index (χ0v) is 12.1. The second-order valence-electron chi connectivity index (χ2n) is 4.97. The zero-order valence-electron chi connectivity index (χ0n) is 11.4. The number of aromatic nitrogens is 3. The van der Waals surface area contributed by atoms with Gasteiger partial charge in [-0.1, -0.05) is 17.7 Å². The van der Waals surface area contributed by atoms with Crippen molar-refractivity contribution in [3.8, 4) is 0 Å². The molecule has 0 saturated carbocycles. The number of nitrogens with zero attached hydrogens (tertiary/aromatic N) is 2. The minimum absolute atomic E-state index is 0.259. The van der Waals surface area contributed by atoms with Gasteiger partial charge in [-0.15, -0.1) is 0 Å². The van der Waals surface area contributed by atoms with Crippen LogP contribution in [0, 0.1) is 0 Å². The predicted molar refractivity (Wildman–Crippen MR) is 86.5 cm³/mol. The molecule has 6 heteroatoms. The Bertz CT molecular complexity index is 1000. The molecule has 4 rings (SSSR count). The predicted octanol–water partition coefficient (Wildman–Crippen LogP) is 3.72. The Morgan fingerprint density at radius 1 is 1.18 bits per heavy atom. The lowest BCUT2D eigenvalue weighted by molar-refractivity contribution is 0.102. The fraction of sp³-hybridized carbons (Fsp3) is 0. The lowest BCUT2D eigenvalue weighted by Crippen LogP contribution is -2.12. The summed E-state index contributed by atoms with van der Waals surface area (Å²) in [4.78, 5) is 19.7. The highest BCUT2D eigenvalue weighted by molar-refractivity contribution is 6.30. The highest BCUT2D eigenvalue weighted by atomic mass is 35.5. The van der Waals surface area contributed by atoms with Crippen LogP contribution in [0.2, 0.25) is 5.02 Å². The maximum atomic E-state index is 12.3. The second-order valence-corrected chi connectivity index (χ2v) is 5.41. The first-order valence-electron chi connectivity index (χ1n) is 6.72. The Morgan fingerprint density at radius 3 is 3.00 bits per heavy atom. The molecule has 0 saturated heterocycles. The molecule has 0 aliphatic rings. The molecule has 108 valence electrons. The molecule has 0 unspecified atom stereocenters. The van der Waals surface area contributed by atoms with E-state index in [2.05, 4.69) is 15.3 Å². The Kier molecular flexibility index (Phi) is 2.87. The molecule has 0 bridgehead atoms. The summed E-state index contributed by atoms with van der Waals surface area (Å²) in [6.45, 7) is 0. The average molecular weight is 311 g/mol. The summed E-state index contributed by atoms with van der Waals surface area (Å²) >= 11 is 5.93. The molecule has 0 spiro atoms. The van der Waals surface area contributed by atoms with Gasteiger partial charge in [0, 0.05) is 29.8 Å². The van der Waals surface area contributed by atoms with Crippen molar-refractivity contribution in [3.63, 3.8) is 0 Å². The van der Waals surface area contributed by atoms with E-state index in [0.717, 1.165) is 16.6 Å². The highest BCUT2D eigenvalue weighted by Crippen LogP contribution is 2.18. The van der Waals surface area contributed by atoms with Crippen molar-refractivity contribution in [2.24, 2.45) is 0 Å². The van der Waals surface area contributed by atoms with E-state index in [0.29, 0.717) is 16.4 Å². The topological polar surface area (TPSA) is 62.2 Å². The molecular formula is C16H11ClN4O. The average Bonchev–Trinajstić information content (AvgIpc) is 3.12. The number of hydrogen-bond donors (Lipinski definition) is 2. The molecule has 0 aliphatic carbocycles. The van der Waals surface area contributed by atoms with Gasteiger partial charge in [0.2, 0.25) is 0 Å². The number of hydrogen-bond acceptors (Lipinski definition) is 2. The van der Waals surface area contributed by atoms with Crippen LogP contribution in [0.1, 0.15) is 10.5 Å². The summed E-state index contributed by atoms with van der Waals surface area (Å²) in [5, 5.41) is 4.54. The molecule has 0 atom stereocenters. The van der Waals surface area contributed by atoms with Crippen LogP contribution in [-0.4, -0.2) is 20.3 Å². The minimum atomic E-state index is -0.259. The van der Waals surface area contributed by atoms with Crippen molar-refractivity contribution in [2.75, 3.05) is 5.32 Å². The maximum absolute atomic E-state index is 12.3. The van der Waals surface area contributed by atoms with Gasteiger partial charge in [0.1, 0.15) is 11.3 Å². The number of pyridine rings is 1. The van der Waals surface area contributed by atoms with Gasteiger partial charge in [0.05, 0.1) is 5.02 Å². The number of benzene rings is 1. The normalized spacial score (nSPS) is 11.1. The van der Waals surface area contributed by atoms with E-state index in [9.17, 15) is 4.79 Å². The van der Waals surface area contributed by atoms with Gasteiger partial charge in [-0.3, -0.25) is 4.79 Å². The van der Waals surface area contributed by atoms with E-state index in [4.69, 9.17) is 11.6 Å². The summed E-state index contributed by atoms with van der Waals surface area (Å²) in [6, 6.07) is 11.2. The van der Waals surface area contributed by atoms with E-state index in [-0.39, 0.29) is 5.91 Å². The van der Waals surface area contributed by atoms with Crippen molar-refractivity contribution in [1.29, 1.82) is 0 Å². The number of imidazole rings is 1. The Balaban J connectivity index is 1.64. The smallest absolute Gasteiger partial charge is 0.275 e. The number of carbonyl (C=O) groups is 1. The number of anilines is 1. The number of nitrogens with one attached hydrogen (secondary N) is 2. The monoisotopic (exact) mass is 310 g/mol. The van der Waals surface area contributed by atoms with Crippen molar-refractivity contribution >= 4 is 39.7 Å². The van der Waals surface area contributed by atoms with Crippen LogP contribution >= 0.6 is 11.6 Å². The van der Waals surface area contributed by atoms with Gasteiger partial charge >= 0.3 is 0 Å². The van der Waals surface area contributed by atoms with Crippen LogP contribution in [-0.2, 0) is 0 Å². The quantitative estimate of drug-likeness (QED) is 0.592. The van der Waals surface area contributed by atoms with Crippen molar-refractivity contribution in [3.05, 3.63) is 65.7 Å². The minimum Gasteiger partial charge on any atom is -0.361 e. The second kappa shape index (κ2) is 4.89. The standard InChI is InChI=1S/C16H11ClN4O/c17-11-2-4-15-20-14(9-21(15)8-11)16(22)19-12-3-1-10-5-6-18-13(10)7-12/h1-9,18H,(H,19,22). The highest BCUT2D eigenvalue weighted by Gasteiger charge is 2.11. The van der Waals surface area contributed by atoms with Crippen LogP contribution in [0.15, 0.2) is 55.0 Å². The van der Waals surface area contributed by atoms with Crippen molar-refractivity contribution in [2.45, 2.75) is 0 Å². The maximum Gasteiger partial charge on any atom is 0.275 e. The summed E-state index contributed by atoms with van der Waals surface area (Å²) in [5.41, 5.74) is 2.71. The molecular weight excluding hydrogens is 300 g/mol. The third-order valence-corrected chi connectivity index (χ3v) is 3.68. The van der Waals surface area contributed by atoms with Gasteiger partial charge in [-0.25, -0.2) is 4.98 Å². The summed E-state index contributed by atoms with van der Waals surface area (Å²) in [5.74, 6) is -0.259. The van der Waals surface area contributed by atoms with Gasteiger partial charge in [0.15, 0.2) is 0 Å². The molecule has 0 aliphatic heterocycles. The Hall–Kier alpha value is -2.79. The van der Waals surface area contributed by atoms with Gasteiger partial charge in [-0.2, -0.15) is 0 Å². The number of amides is 1. The third kappa shape index (κ3) is 2.21. The molecule has 2 N–H and O–H groups in total. The van der Waals surface area contributed by atoms with E-state index in [1.807, 2.05) is 30.5 Å². The van der Waals surface area contributed by atoms with Gasteiger partial charge in [-0.05, 0) is 35.7 Å². The number of fused-ring (bicyclic) bond motifs is 2. The first kappa shape index (κ1) is 12.9. The fourth-order valence-corrected chi connectivity index (χ4v) is 2.56. The van der Waals surface area contributed by atoms with Crippen molar-refractivity contribution < 1.29 is 4.79 Å².